The average Bonchev–Trinajstić information content (AvgIpc) is 3.12. The van der Waals surface area contributed by atoms with Crippen LogP contribution in [0.3, 0.4) is 0 Å². The Bertz CT molecular complexity index is 936. The summed E-state index contributed by atoms with van der Waals surface area (Å²) < 4.78 is 1.41. The fourth-order valence-electron chi connectivity index (χ4n) is 2.02. The molecule has 0 atom stereocenters. The molecule has 2 aromatic heterocycles. The van der Waals surface area contributed by atoms with Crippen LogP contribution in [0.25, 0.3) is 0 Å². The summed E-state index contributed by atoms with van der Waals surface area (Å²) in [7, 11) is 1.63. The maximum absolute atomic E-state index is 12.4. The molecule has 0 saturated carbocycles. The molecule has 2 heterocycles. The van der Waals surface area contributed by atoms with E-state index in [2.05, 4.69) is 15.5 Å². The number of nitrogens with zero attached hydrogens (tertiary/aromatic N) is 3. The molecule has 0 aliphatic heterocycles. The maximum Gasteiger partial charge on any atom is 0.287 e. The third-order valence-corrected chi connectivity index (χ3v) is 5.44. The molecule has 9 heteroatoms. The molecule has 128 valence electrons. The lowest BCUT2D eigenvalue weighted by molar-refractivity contribution is 0.100. The molecule has 25 heavy (non-hydrogen) atoms. The van der Waals surface area contributed by atoms with Crippen LogP contribution in [-0.2, 0) is 12.8 Å². The van der Waals surface area contributed by atoms with Crippen molar-refractivity contribution in [2.45, 2.75) is 10.8 Å². The largest absolute Gasteiger partial charge is 0.366 e. The molecule has 0 aliphatic carbocycles. The summed E-state index contributed by atoms with van der Waals surface area (Å²) in [5.41, 5.74) is 6.08. The van der Waals surface area contributed by atoms with Crippen molar-refractivity contribution in [1.29, 1.82) is 0 Å². The molecular weight excluding hydrogens is 358 g/mol. The highest BCUT2D eigenvalue weighted by atomic mass is 32.2. The second-order valence-corrected chi connectivity index (χ2v) is 7.12. The molecule has 3 aromatic rings. The molecule has 0 radical (unpaired) electrons. The molecule has 0 saturated heterocycles. The Balaban J connectivity index is 1.75. The van der Waals surface area contributed by atoms with Crippen LogP contribution < -0.4 is 16.6 Å². The summed E-state index contributed by atoms with van der Waals surface area (Å²) in [6.45, 7) is 0. The minimum absolute atomic E-state index is 0.215. The van der Waals surface area contributed by atoms with Crippen LogP contribution >= 0.6 is 23.1 Å². The van der Waals surface area contributed by atoms with E-state index < -0.39 is 5.91 Å². The van der Waals surface area contributed by atoms with E-state index in [0.717, 1.165) is 0 Å². The van der Waals surface area contributed by atoms with Crippen molar-refractivity contribution >= 4 is 40.6 Å². The number of rotatable bonds is 6. The van der Waals surface area contributed by atoms with Crippen molar-refractivity contribution in [2.75, 3.05) is 5.32 Å². The van der Waals surface area contributed by atoms with Crippen LogP contribution in [0.4, 0.5) is 11.6 Å². The van der Waals surface area contributed by atoms with Crippen LogP contribution in [0.5, 0.6) is 0 Å². The first-order chi connectivity index (χ1) is 12.0. The maximum atomic E-state index is 12.4. The second-order valence-electron chi connectivity index (χ2n) is 5.13. The first kappa shape index (κ1) is 17.2. The fourth-order valence-corrected chi connectivity index (χ4v) is 3.70. The predicted molar refractivity (Wildman–Crippen MR) is 99.4 cm³/mol. The number of anilines is 2. The summed E-state index contributed by atoms with van der Waals surface area (Å²) in [6.07, 6.45) is 0. The molecule has 0 fully saturated rings. The number of nitrogens with one attached hydrogen (secondary N) is 1. The number of primary amides is 1. The summed E-state index contributed by atoms with van der Waals surface area (Å²) in [5.74, 6) is 0.506. The van der Waals surface area contributed by atoms with Crippen LogP contribution in [0, 0.1) is 0 Å². The topological polar surface area (TPSA) is 103 Å². The van der Waals surface area contributed by atoms with Gasteiger partial charge in [-0.25, -0.2) is 0 Å². The molecular formula is C16H15N5O2S2. The fraction of sp³-hybridized carbons (Fsp3) is 0.125. The van der Waals surface area contributed by atoms with Crippen LogP contribution in [0.2, 0.25) is 0 Å². The minimum atomic E-state index is -0.495. The molecule has 0 aliphatic rings. The van der Waals surface area contributed by atoms with E-state index in [1.54, 1.807) is 42.6 Å². The second kappa shape index (κ2) is 7.49. The van der Waals surface area contributed by atoms with Gasteiger partial charge in [0.1, 0.15) is 0 Å². The van der Waals surface area contributed by atoms with Gasteiger partial charge in [0.05, 0.1) is 0 Å². The van der Waals surface area contributed by atoms with Crippen molar-refractivity contribution in [3.05, 3.63) is 62.6 Å². The Morgan fingerprint density at radius 1 is 1.28 bits per heavy atom. The van der Waals surface area contributed by atoms with Crippen LogP contribution in [0.1, 0.15) is 15.2 Å². The van der Waals surface area contributed by atoms with Crippen molar-refractivity contribution in [3.8, 4) is 0 Å². The van der Waals surface area contributed by atoms with Gasteiger partial charge in [-0.15, -0.1) is 21.5 Å². The lowest BCUT2D eigenvalue weighted by Gasteiger charge is -2.10. The number of benzene rings is 1. The highest BCUT2D eigenvalue weighted by molar-refractivity contribution is 7.98. The Kier molecular flexibility index (Phi) is 5.15. The molecule has 3 rings (SSSR count). The molecule has 7 nitrogen and oxygen atoms in total. The number of hydrogen-bond acceptors (Lipinski definition) is 7. The number of thioether (sulfide) groups is 1. The minimum Gasteiger partial charge on any atom is -0.366 e. The van der Waals surface area contributed by atoms with Crippen molar-refractivity contribution in [1.82, 2.24) is 14.8 Å². The van der Waals surface area contributed by atoms with Crippen LogP contribution in [0.15, 0.2) is 51.6 Å². The summed E-state index contributed by atoms with van der Waals surface area (Å²) in [5, 5.41) is 13.5. The molecule has 1 amide bonds. The monoisotopic (exact) mass is 373 g/mol. The van der Waals surface area contributed by atoms with E-state index in [-0.39, 0.29) is 5.56 Å². The highest BCUT2D eigenvalue weighted by Gasteiger charge is 2.11. The lowest BCUT2D eigenvalue weighted by atomic mass is 10.2. The molecule has 0 bridgehead atoms. The van der Waals surface area contributed by atoms with E-state index in [4.69, 9.17) is 5.73 Å². The highest BCUT2D eigenvalue weighted by Crippen LogP contribution is 2.21. The van der Waals surface area contributed by atoms with Gasteiger partial charge in [0.25, 0.3) is 5.56 Å². The number of carbonyl (C=O) groups excluding carboxylic acids is 1. The smallest absolute Gasteiger partial charge is 0.287 e. The van der Waals surface area contributed by atoms with Crippen LogP contribution in [-0.4, -0.2) is 20.7 Å². The molecule has 0 spiro atoms. The quantitative estimate of drug-likeness (QED) is 0.643. The summed E-state index contributed by atoms with van der Waals surface area (Å²) in [4.78, 5) is 24.7. The number of thiophene rings is 1. The molecule has 1 aromatic carbocycles. The van der Waals surface area contributed by atoms with E-state index in [1.165, 1.54) is 21.2 Å². The number of amides is 1. The Hall–Kier alpha value is -2.65. The zero-order valence-corrected chi connectivity index (χ0v) is 14.9. The van der Waals surface area contributed by atoms with Gasteiger partial charge in [-0.1, -0.05) is 17.8 Å². The number of hydrogen-bond donors (Lipinski definition) is 2. The van der Waals surface area contributed by atoms with E-state index in [1.807, 2.05) is 17.5 Å². The third kappa shape index (κ3) is 4.06. The standard InChI is InChI=1S/C16H15N5O2S2/c1-21-15(23)14(25-9-12-3-2-8-24-12)19-20-16(21)18-11-6-4-10(5-7-11)13(17)22/h2-8H,9H2,1H3,(H2,17,22)(H,18,20). The number of nitrogens with two attached hydrogens (primary N) is 1. The van der Waals surface area contributed by atoms with Gasteiger partial charge >= 0.3 is 0 Å². The van der Waals surface area contributed by atoms with Gasteiger partial charge in [-0.2, -0.15) is 0 Å². The Morgan fingerprint density at radius 3 is 2.68 bits per heavy atom. The van der Waals surface area contributed by atoms with Crippen molar-refractivity contribution < 1.29 is 4.79 Å². The normalized spacial score (nSPS) is 10.6. The van der Waals surface area contributed by atoms with Crippen molar-refractivity contribution in [3.63, 3.8) is 0 Å². The summed E-state index contributed by atoms with van der Waals surface area (Å²) in [6, 6.07) is 10.6. The molecule has 0 unspecified atom stereocenters. The van der Waals surface area contributed by atoms with Crippen molar-refractivity contribution in [2.24, 2.45) is 12.8 Å². The Morgan fingerprint density at radius 2 is 2.04 bits per heavy atom. The van der Waals surface area contributed by atoms with Gasteiger partial charge in [0, 0.05) is 28.9 Å². The first-order valence-corrected chi connectivity index (χ1v) is 9.17. The van der Waals surface area contributed by atoms with Gasteiger partial charge in [0.15, 0.2) is 5.03 Å². The zero-order chi connectivity index (χ0) is 17.8. The van der Waals surface area contributed by atoms with Gasteiger partial charge < -0.3 is 11.1 Å². The lowest BCUT2D eigenvalue weighted by Crippen LogP contribution is -2.24. The predicted octanol–water partition coefficient (Wildman–Crippen LogP) is 2.37. The first-order valence-electron chi connectivity index (χ1n) is 7.30. The third-order valence-electron chi connectivity index (χ3n) is 3.40. The van der Waals surface area contributed by atoms with Gasteiger partial charge in [-0.3, -0.25) is 14.2 Å². The van der Waals surface area contributed by atoms with Gasteiger partial charge in [-0.05, 0) is 35.7 Å². The van der Waals surface area contributed by atoms with E-state index in [9.17, 15) is 9.59 Å². The SMILES string of the molecule is Cn1c(Nc2ccc(C(N)=O)cc2)nnc(SCc2cccs2)c1=O. The Labute approximate surface area is 151 Å². The van der Waals surface area contributed by atoms with E-state index in [0.29, 0.717) is 28.0 Å². The van der Waals surface area contributed by atoms with Gasteiger partial charge in [0.2, 0.25) is 11.9 Å². The van der Waals surface area contributed by atoms with E-state index >= 15 is 0 Å². The summed E-state index contributed by atoms with van der Waals surface area (Å²) >= 11 is 3.00. The average molecular weight is 373 g/mol. The number of aromatic nitrogens is 3. The zero-order valence-electron chi connectivity index (χ0n) is 13.3. The molecule has 3 N–H and O–H groups in total. The number of carbonyl (C=O) groups is 1.